The Morgan fingerprint density at radius 2 is 2.03 bits per heavy atom. The van der Waals surface area contributed by atoms with Crippen LogP contribution in [0.15, 0.2) is 48.7 Å². The minimum absolute atomic E-state index is 0.0278. The second-order valence-corrected chi connectivity index (χ2v) is 5.68. The fourth-order valence-corrected chi connectivity index (χ4v) is 2.36. The number of carbonyl (C=O) groups excluding carboxylic acids is 1. The molecule has 150 valence electrons. The molecule has 3 aromatic rings. The third kappa shape index (κ3) is 4.64. The van der Waals surface area contributed by atoms with E-state index in [0.29, 0.717) is 6.07 Å². The fraction of sp³-hybridized carbons (Fsp3) is 0.111. The Bertz CT molecular complexity index is 1070. The normalized spacial score (nSPS) is 10.4. The number of nitrogens with one attached hydrogen (secondary N) is 1. The van der Waals surface area contributed by atoms with Gasteiger partial charge in [0.1, 0.15) is 17.3 Å². The van der Waals surface area contributed by atoms with E-state index in [-0.39, 0.29) is 35.3 Å². The molecule has 11 heteroatoms. The van der Waals surface area contributed by atoms with Gasteiger partial charge in [0.25, 0.3) is 11.6 Å². The lowest BCUT2D eigenvalue weighted by Gasteiger charge is -2.07. The van der Waals surface area contributed by atoms with Crippen LogP contribution in [0.4, 0.5) is 20.2 Å². The first-order valence-corrected chi connectivity index (χ1v) is 8.12. The van der Waals surface area contributed by atoms with Crippen LogP contribution in [0.5, 0.6) is 11.5 Å². The highest BCUT2D eigenvalue weighted by atomic mass is 19.1. The number of benzene rings is 2. The Hall–Kier alpha value is -4.02. The number of nitro benzene ring substituents is 1. The average molecular weight is 404 g/mol. The van der Waals surface area contributed by atoms with Crippen LogP contribution in [0, 0.1) is 21.7 Å². The highest BCUT2D eigenvalue weighted by molar-refractivity contribution is 6.04. The molecule has 0 saturated heterocycles. The van der Waals surface area contributed by atoms with Gasteiger partial charge in [-0.2, -0.15) is 5.10 Å². The standard InChI is InChI=1S/C18H14F2N4O5/c1-28-12-3-4-14(16(9-12)24(26)27)21-18(25)15-6-7-23(22-15)10-29-17-5-2-11(19)8-13(17)20/h2-9H,10H2,1H3,(H,21,25). The number of nitro groups is 1. The molecule has 0 aliphatic rings. The molecule has 1 N–H and O–H groups in total. The second kappa shape index (κ2) is 8.33. The van der Waals surface area contributed by atoms with Gasteiger partial charge in [0, 0.05) is 12.3 Å². The number of ether oxygens (including phenoxy) is 2. The quantitative estimate of drug-likeness (QED) is 0.478. The molecule has 0 spiro atoms. The van der Waals surface area contributed by atoms with Gasteiger partial charge >= 0.3 is 0 Å². The van der Waals surface area contributed by atoms with Crippen molar-refractivity contribution in [1.29, 1.82) is 0 Å². The minimum atomic E-state index is -0.873. The maximum absolute atomic E-state index is 13.6. The Kier molecular flexibility index (Phi) is 5.67. The summed E-state index contributed by atoms with van der Waals surface area (Å²) in [6.07, 6.45) is 1.40. The SMILES string of the molecule is COc1ccc(NC(=O)c2ccn(COc3ccc(F)cc3F)n2)c([N+](=O)[O-])c1. The van der Waals surface area contributed by atoms with Crippen LogP contribution in [0.3, 0.4) is 0 Å². The lowest BCUT2D eigenvalue weighted by Crippen LogP contribution is -2.15. The molecule has 0 radical (unpaired) electrons. The highest BCUT2D eigenvalue weighted by Gasteiger charge is 2.19. The third-order valence-corrected chi connectivity index (χ3v) is 3.77. The van der Waals surface area contributed by atoms with E-state index in [1.54, 1.807) is 0 Å². The Balaban J connectivity index is 1.69. The lowest BCUT2D eigenvalue weighted by atomic mass is 10.2. The van der Waals surface area contributed by atoms with Crippen molar-refractivity contribution >= 4 is 17.3 Å². The summed E-state index contributed by atoms with van der Waals surface area (Å²) in [5.74, 6) is -2.21. The molecule has 9 nitrogen and oxygen atoms in total. The van der Waals surface area contributed by atoms with Crippen LogP contribution < -0.4 is 14.8 Å². The van der Waals surface area contributed by atoms with Crippen molar-refractivity contribution in [3.05, 3.63) is 76.1 Å². The Labute approximate surface area is 162 Å². The number of aromatic nitrogens is 2. The van der Waals surface area contributed by atoms with Crippen LogP contribution in [-0.4, -0.2) is 27.7 Å². The monoisotopic (exact) mass is 404 g/mol. The summed E-state index contributed by atoms with van der Waals surface area (Å²) in [7, 11) is 1.36. The first kappa shape index (κ1) is 19.7. The largest absolute Gasteiger partial charge is 0.496 e. The zero-order chi connectivity index (χ0) is 21.0. The van der Waals surface area contributed by atoms with Crippen LogP contribution in [-0.2, 0) is 6.73 Å². The van der Waals surface area contributed by atoms with E-state index in [0.717, 1.165) is 12.1 Å². The molecule has 3 rings (SSSR count). The number of rotatable bonds is 7. The summed E-state index contributed by atoms with van der Waals surface area (Å²) in [5.41, 5.74) is -0.412. The highest BCUT2D eigenvalue weighted by Crippen LogP contribution is 2.29. The van der Waals surface area contributed by atoms with Gasteiger partial charge in [-0.25, -0.2) is 13.5 Å². The topological polar surface area (TPSA) is 109 Å². The minimum Gasteiger partial charge on any atom is -0.496 e. The number of carbonyl (C=O) groups is 1. The maximum atomic E-state index is 13.6. The van der Waals surface area contributed by atoms with Gasteiger partial charge in [-0.3, -0.25) is 14.9 Å². The van der Waals surface area contributed by atoms with E-state index in [9.17, 15) is 23.7 Å². The van der Waals surface area contributed by atoms with Crippen molar-refractivity contribution in [3.8, 4) is 11.5 Å². The van der Waals surface area contributed by atoms with Gasteiger partial charge in [0.05, 0.1) is 18.1 Å². The van der Waals surface area contributed by atoms with Crippen molar-refractivity contribution < 1.29 is 28.0 Å². The van der Waals surface area contributed by atoms with E-state index < -0.39 is 22.5 Å². The van der Waals surface area contributed by atoms with Gasteiger partial charge < -0.3 is 14.8 Å². The van der Waals surface area contributed by atoms with Gasteiger partial charge in [0.2, 0.25) is 0 Å². The summed E-state index contributed by atoms with van der Waals surface area (Å²) in [4.78, 5) is 22.9. The summed E-state index contributed by atoms with van der Waals surface area (Å²) in [6, 6.07) is 8.19. The molecule has 1 aromatic heterocycles. The summed E-state index contributed by atoms with van der Waals surface area (Å²) in [6.45, 7) is -0.238. The van der Waals surface area contributed by atoms with E-state index in [1.807, 2.05) is 0 Å². The fourth-order valence-electron chi connectivity index (χ4n) is 2.36. The van der Waals surface area contributed by atoms with Crippen LogP contribution in [0.2, 0.25) is 0 Å². The van der Waals surface area contributed by atoms with Crippen LogP contribution in [0.1, 0.15) is 10.5 Å². The first-order chi connectivity index (χ1) is 13.9. The predicted octanol–water partition coefficient (Wildman–Crippen LogP) is 3.37. The molecule has 0 fully saturated rings. The van der Waals surface area contributed by atoms with Gasteiger partial charge in [-0.15, -0.1) is 0 Å². The Morgan fingerprint density at radius 3 is 2.72 bits per heavy atom. The number of halogens is 2. The predicted molar refractivity (Wildman–Crippen MR) is 96.8 cm³/mol. The van der Waals surface area contributed by atoms with E-state index >= 15 is 0 Å². The van der Waals surface area contributed by atoms with Crippen molar-refractivity contribution in [2.75, 3.05) is 12.4 Å². The molecule has 2 aromatic carbocycles. The van der Waals surface area contributed by atoms with Crippen LogP contribution >= 0.6 is 0 Å². The van der Waals surface area contributed by atoms with Crippen molar-refractivity contribution in [2.24, 2.45) is 0 Å². The first-order valence-electron chi connectivity index (χ1n) is 8.12. The zero-order valence-corrected chi connectivity index (χ0v) is 15.0. The van der Waals surface area contributed by atoms with E-state index in [1.165, 1.54) is 42.3 Å². The summed E-state index contributed by atoms with van der Waals surface area (Å²) < 4.78 is 37.8. The van der Waals surface area contributed by atoms with Gasteiger partial charge in [0.15, 0.2) is 24.0 Å². The lowest BCUT2D eigenvalue weighted by molar-refractivity contribution is -0.384. The number of hydrogen-bond acceptors (Lipinski definition) is 6. The molecule has 1 heterocycles. The van der Waals surface area contributed by atoms with Crippen molar-refractivity contribution in [1.82, 2.24) is 9.78 Å². The van der Waals surface area contributed by atoms with Crippen molar-refractivity contribution in [2.45, 2.75) is 6.73 Å². The smallest absolute Gasteiger partial charge is 0.296 e. The van der Waals surface area contributed by atoms with E-state index in [2.05, 4.69) is 10.4 Å². The zero-order valence-electron chi connectivity index (χ0n) is 15.0. The number of methoxy groups -OCH3 is 1. The van der Waals surface area contributed by atoms with Crippen molar-refractivity contribution in [3.63, 3.8) is 0 Å². The number of anilines is 1. The van der Waals surface area contributed by atoms with Gasteiger partial charge in [-0.05, 0) is 30.3 Å². The molecule has 29 heavy (non-hydrogen) atoms. The molecule has 0 aliphatic carbocycles. The third-order valence-electron chi connectivity index (χ3n) is 3.77. The van der Waals surface area contributed by atoms with Crippen LogP contribution in [0.25, 0.3) is 0 Å². The molecule has 0 saturated carbocycles. The average Bonchev–Trinajstić information content (AvgIpc) is 3.16. The number of nitrogens with zero attached hydrogens (tertiary/aromatic N) is 3. The maximum Gasteiger partial charge on any atom is 0.296 e. The molecular formula is C18H14F2N4O5. The molecule has 1 amide bonds. The molecule has 0 atom stereocenters. The summed E-state index contributed by atoms with van der Waals surface area (Å²) >= 11 is 0. The second-order valence-electron chi connectivity index (χ2n) is 5.68. The molecule has 0 unspecified atom stereocenters. The number of hydrogen-bond donors (Lipinski definition) is 1. The number of amides is 1. The van der Waals surface area contributed by atoms with Gasteiger partial charge in [-0.1, -0.05) is 0 Å². The van der Waals surface area contributed by atoms with E-state index in [4.69, 9.17) is 9.47 Å². The molecular weight excluding hydrogens is 390 g/mol. The summed E-state index contributed by atoms with van der Waals surface area (Å²) in [5, 5.41) is 17.6. The molecule has 0 bridgehead atoms. The molecule has 0 aliphatic heterocycles. The Morgan fingerprint density at radius 1 is 1.24 bits per heavy atom.